The minimum absolute atomic E-state index is 0.0571. The molecule has 0 aliphatic carbocycles. The molecule has 124 valence electrons. The van der Waals surface area contributed by atoms with Crippen molar-refractivity contribution in [3.8, 4) is 0 Å². The van der Waals surface area contributed by atoms with Crippen molar-refractivity contribution in [2.75, 3.05) is 16.8 Å². The first kappa shape index (κ1) is 16.5. The average molecular weight is 343 g/mol. The van der Waals surface area contributed by atoms with Crippen molar-refractivity contribution in [3.05, 3.63) is 58.6 Å². The van der Waals surface area contributed by atoms with Gasteiger partial charge in [0.15, 0.2) is 0 Å². The van der Waals surface area contributed by atoms with Crippen molar-refractivity contribution in [2.45, 2.75) is 20.3 Å². The Morgan fingerprint density at radius 2 is 2.00 bits per heavy atom. The molecule has 1 atom stereocenters. The minimum Gasteiger partial charge on any atom is -0.326 e. The van der Waals surface area contributed by atoms with Gasteiger partial charge < -0.3 is 10.2 Å². The van der Waals surface area contributed by atoms with Crippen LogP contribution in [0, 0.1) is 19.8 Å². The maximum Gasteiger partial charge on any atom is 0.229 e. The van der Waals surface area contributed by atoms with Gasteiger partial charge in [-0.25, -0.2) is 0 Å². The molecule has 24 heavy (non-hydrogen) atoms. The topological polar surface area (TPSA) is 49.4 Å². The van der Waals surface area contributed by atoms with Crippen LogP contribution in [0.3, 0.4) is 0 Å². The second-order valence-electron chi connectivity index (χ2n) is 6.19. The number of rotatable bonds is 3. The Morgan fingerprint density at radius 3 is 2.75 bits per heavy atom. The predicted molar refractivity (Wildman–Crippen MR) is 96.5 cm³/mol. The molecule has 1 aliphatic heterocycles. The summed E-state index contributed by atoms with van der Waals surface area (Å²) >= 11 is 5.99. The zero-order chi connectivity index (χ0) is 17.3. The van der Waals surface area contributed by atoms with E-state index in [9.17, 15) is 9.59 Å². The first-order valence-corrected chi connectivity index (χ1v) is 8.26. The van der Waals surface area contributed by atoms with E-state index < -0.39 is 0 Å². The second-order valence-corrected chi connectivity index (χ2v) is 6.63. The monoisotopic (exact) mass is 342 g/mol. The van der Waals surface area contributed by atoms with E-state index in [-0.39, 0.29) is 24.2 Å². The van der Waals surface area contributed by atoms with Crippen LogP contribution in [0.15, 0.2) is 42.5 Å². The highest BCUT2D eigenvalue weighted by atomic mass is 35.5. The first-order valence-electron chi connectivity index (χ1n) is 7.88. The fourth-order valence-electron chi connectivity index (χ4n) is 2.88. The smallest absolute Gasteiger partial charge is 0.229 e. The van der Waals surface area contributed by atoms with Crippen LogP contribution in [0.4, 0.5) is 11.4 Å². The molecule has 0 bridgehead atoms. The zero-order valence-electron chi connectivity index (χ0n) is 13.7. The van der Waals surface area contributed by atoms with Gasteiger partial charge in [0.05, 0.1) is 5.92 Å². The van der Waals surface area contributed by atoms with Gasteiger partial charge in [-0.15, -0.1) is 0 Å². The molecule has 1 saturated heterocycles. The Morgan fingerprint density at radius 1 is 1.21 bits per heavy atom. The number of carbonyl (C=O) groups excluding carboxylic acids is 2. The molecule has 1 aliphatic rings. The van der Waals surface area contributed by atoms with Gasteiger partial charge >= 0.3 is 0 Å². The Balaban J connectivity index is 1.73. The molecule has 0 saturated carbocycles. The second kappa shape index (κ2) is 6.65. The van der Waals surface area contributed by atoms with Crippen LogP contribution in [0.1, 0.15) is 17.5 Å². The van der Waals surface area contributed by atoms with Crippen molar-refractivity contribution in [1.29, 1.82) is 0 Å². The van der Waals surface area contributed by atoms with E-state index in [1.165, 1.54) is 0 Å². The predicted octanol–water partition coefficient (Wildman–Crippen LogP) is 3.95. The highest BCUT2D eigenvalue weighted by Gasteiger charge is 2.35. The summed E-state index contributed by atoms with van der Waals surface area (Å²) in [5, 5.41) is 3.53. The summed E-state index contributed by atoms with van der Waals surface area (Å²) in [6.45, 7) is 4.30. The van der Waals surface area contributed by atoms with Crippen LogP contribution in [-0.4, -0.2) is 18.4 Å². The summed E-state index contributed by atoms with van der Waals surface area (Å²) < 4.78 is 0. The highest BCUT2D eigenvalue weighted by Crippen LogP contribution is 2.28. The van der Waals surface area contributed by atoms with Gasteiger partial charge in [0.25, 0.3) is 0 Å². The molecule has 0 aromatic heterocycles. The average Bonchev–Trinajstić information content (AvgIpc) is 2.93. The molecule has 4 nitrogen and oxygen atoms in total. The van der Waals surface area contributed by atoms with Gasteiger partial charge in [-0.3, -0.25) is 9.59 Å². The third kappa shape index (κ3) is 3.44. The van der Waals surface area contributed by atoms with Gasteiger partial charge in [0.2, 0.25) is 11.8 Å². The summed E-state index contributed by atoms with van der Waals surface area (Å²) in [5.74, 6) is -0.545. The van der Waals surface area contributed by atoms with Crippen LogP contribution in [0.5, 0.6) is 0 Å². The lowest BCUT2D eigenvalue weighted by Gasteiger charge is -2.17. The largest absolute Gasteiger partial charge is 0.326 e. The number of carbonyl (C=O) groups is 2. The van der Waals surface area contributed by atoms with E-state index in [0.29, 0.717) is 11.6 Å². The number of halogens is 1. The van der Waals surface area contributed by atoms with Crippen LogP contribution in [0.2, 0.25) is 5.02 Å². The number of hydrogen-bond acceptors (Lipinski definition) is 2. The zero-order valence-corrected chi connectivity index (χ0v) is 14.4. The van der Waals surface area contributed by atoms with Crippen LogP contribution < -0.4 is 10.2 Å². The Bertz CT molecular complexity index is 804. The van der Waals surface area contributed by atoms with Crippen LogP contribution in [0.25, 0.3) is 0 Å². The van der Waals surface area contributed by atoms with Crippen molar-refractivity contribution in [2.24, 2.45) is 5.92 Å². The summed E-state index contributed by atoms with van der Waals surface area (Å²) in [7, 11) is 0. The van der Waals surface area contributed by atoms with E-state index in [0.717, 1.165) is 22.5 Å². The third-order valence-electron chi connectivity index (χ3n) is 4.27. The van der Waals surface area contributed by atoms with E-state index in [2.05, 4.69) is 5.32 Å². The van der Waals surface area contributed by atoms with Gasteiger partial charge in [0, 0.05) is 29.4 Å². The van der Waals surface area contributed by atoms with E-state index in [1.807, 2.05) is 38.1 Å². The molecule has 2 aromatic carbocycles. The molecule has 3 rings (SSSR count). The quantitative estimate of drug-likeness (QED) is 0.918. The fourth-order valence-corrected chi connectivity index (χ4v) is 3.07. The van der Waals surface area contributed by atoms with Gasteiger partial charge in [-0.1, -0.05) is 29.8 Å². The standard InChI is InChI=1S/C19H19ClN2O2/c1-12-6-7-13(2)17(8-12)21-19(24)14-9-18(23)22(11-14)16-5-3-4-15(20)10-16/h3-8,10,14H,9,11H2,1-2H3,(H,21,24)/t14-/m0/s1. The lowest BCUT2D eigenvalue weighted by Crippen LogP contribution is -2.28. The Labute approximate surface area is 146 Å². The molecule has 1 fully saturated rings. The number of hydrogen-bond donors (Lipinski definition) is 1. The molecule has 0 spiro atoms. The van der Waals surface area contributed by atoms with Gasteiger partial charge in [0.1, 0.15) is 0 Å². The highest BCUT2D eigenvalue weighted by molar-refractivity contribution is 6.31. The lowest BCUT2D eigenvalue weighted by molar-refractivity contribution is -0.122. The number of amides is 2. The number of anilines is 2. The number of nitrogens with one attached hydrogen (secondary N) is 1. The SMILES string of the molecule is Cc1ccc(C)c(NC(=O)[C@H]2CC(=O)N(c3cccc(Cl)c3)C2)c1. The lowest BCUT2D eigenvalue weighted by atomic mass is 10.1. The molecule has 1 heterocycles. The van der Waals surface area contributed by atoms with E-state index in [1.54, 1.807) is 23.1 Å². The first-order chi connectivity index (χ1) is 11.4. The van der Waals surface area contributed by atoms with Crippen molar-refractivity contribution < 1.29 is 9.59 Å². The molecule has 0 radical (unpaired) electrons. The van der Waals surface area contributed by atoms with Crippen LogP contribution >= 0.6 is 11.6 Å². The summed E-state index contributed by atoms with van der Waals surface area (Å²) in [6.07, 6.45) is 0.212. The summed E-state index contributed by atoms with van der Waals surface area (Å²) in [4.78, 5) is 26.5. The minimum atomic E-state index is -0.364. The third-order valence-corrected chi connectivity index (χ3v) is 4.50. The van der Waals surface area contributed by atoms with E-state index >= 15 is 0 Å². The fraction of sp³-hybridized carbons (Fsp3) is 0.263. The molecule has 2 amide bonds. The number of nitrogens with zero attached hydrogens (tertiary/aromatic N) is 1. The molecular weight excluding hydrogens is 324 g/mol. The number of aryl methyl sites for hydroxylation is 2. The van der Waals surface area contributed by atoms with Gasteiger partial charge in [-0.2, -0.15) is 0 Å². The van der Waals surface area contributed by atoms with Crippen molar-refractivity contribution in [1.82, 2.24) is 0 Å². The summed E-state index contributed by atoms with van der Waals surface area (Å²) in [6, 6.07) is 13.1. The maximum absolute atomic E-state index is 12.6. The molecule has 2 aromatic rings. The Hall–Kier alpha value is -2.33. The molecule has 1 N–H and O–H groups in total. The van der Waals surface area contributed by atoms with E-state index in [4.69, 9.17) is 11.6 Å². The maximum atomic E-state index is 12.6. The normalized spacial score (nSPS) is 17.2. The molecular formula is C19H19ClN2O2. The van der Waals surface area contributed by atoms with Gasteiger partial charge in [-0.05, 0) is 49.2 Å². The molecule has 5 heteroatoms. The molecule has 0 unspecified atom stereocenters. The van der Waals surface area contributed by atoms with Crippen molar-refractivity contribution in [3.63, 3.8) is 0 Å². The van der Waals surface area contributed by atoms with Crippen LogP contribution in [-0.2, 0) is 9.59 Å². The van der Waals surface area contributed by atoms with Crippen molar-refractivity contribution >= 4 is 34.8 Å². The summed E-state index contributed by atoms with van der Waals surface area (Å²) in [5.41, 5.74) is 3.62. The number of benzene rings is 2. The Kier molecular flexibility index (Phi) is 4.58.